The molecule has 2 aromatic heterocycles. The molecule has 1 aromatic carbocycles. The first-order chi connectivity index (χ1) is 12.9. The van der Waals surface area contributed by atoms with Gasteiger partial charge in [-0.3, -0.25) is 4.72 Å². The highest BCUT2D eigenvalue weighted by atomic mass is 32.2. The highest BCUT2D eigenvalue weighted by molar-refractivity contribution is 7.92. The van der Waals surface area contributed by atoms with Crippen molar-refractivity contribution in [3.63, 3.8) is 0 Å². The van der Waals surface area contributed by atoms with Crippen molar-refractivity contribution in [1.82, 2.24) is 15.1 Å². The predicted octanol–water partition coefficient (Wildman–Crippen LogP) is 2.21. The van der Waals surface area contributed by atoms with Gasteiger partial charge in [0.05, 0.1) is 36.5 Å². The number of nitrogens with one attached hydrogen (secondary N) is 2. The summed E-state index contributed by atoms with van der Waals surface area (Å²) in [5.74, 6) is 0.957. The van der Waals surface area contributed by atoms with Gasteiger partial charge in [-0.15, -0.1) is 0 Å². The van der Waals surface area contributed by atoms with Gasteiger partial charge in [-0.05, 0) is 32.0 Å². The summed E-state index contributed by atoms with van der Waals surface area (Å²) in [6, 6.07) is 5.20. The molecule has 10 heteroatoms. The molecule has 1 aliphatic heterocycles. The maximum Gasteiger partial charge on any atom is 0.267 e. The van der Waals surface area contributed by atoms with E-state index < -0.39 is 10.0 Å². The second kappa shape index (κ2) is 6.62. The summed E-state index contributed by atoms with van der Waals surface area (Å²) in [7, 11) is -3.81. The molecule has 3 aromatic rings. The molecule has 0 saturated carbocycles. The molecule has 3 heterocycles. The first-order valence-corrected chi connectivity index (χ1v) is 9.87. The fraction of sp³-hybridized carbons (Fsp3) is 0.294. The largest absolute Gasteiger partial charge is 0.490 e. The molecule has 0 spiro atoms. The molecule has 0 fully saturated rings. The minimum absolute atomic E-state index is 0.0600. The highest BCUT2D eigenvalue weighted by Crippen LogP contribution is 2.35. The lowest BCUT2D eigenvalue weighted by atomic mass is 10.2. The first kappa shape index (κ1) is 17.4. The van der Waals surface area contributed by atoms with Crippen LogP contribution in [0.15, 0.2) is 40.1 Å². The van der Waals surface area contributed by atoms with Crippen molar-refractivity contribution >= 4 is 21.4 Å². The summed E-state index contributed by atoms with van der Waals surface area (Å²) in [4.78, 5) is 9.35. The van der Waals surface area contributed by atoms with Gasteiger partial charge in [0.25, 0.3) is 10.0 Å². The van der Waals surface area contributed by atoms with Crippen molar-refractivity contribution < 1.29 is 17.7 Å². The Morgan fingerprint density at radius 2 is 2.19 bits per heavy atom. The molecule has 0 atom stereocenters. The van der Waals surface area contributed by atoms with E-state index in [1.807, 2.05) is 6.20 Å². The van der Waals surface area contributed by atoms with Crippen LogP contribution in [0.5, 0.6) is 5.75 Å². The number of ether oxygens (including phenoxy) is 1. The minimum atomic E-state index is -3.81. The molecular formula is C17H19N5O4S. The molecule has 0 bridgehead atoms. The van der Waals surface area contributed by atoms with E-state index >= 15 is 0 Å². The normalized spacial score (nSPS) is 13.9. The summed E-state index contributed by atoms with van der Waals surface area (Å²) in [6.07, 6.45) is 3.46. The van der Waals surface area contributed by atoms with E-state index in [0.717, 1.165) is 11.4 Å². The molecule has 0 radical (unpaired) electrons. The van der Waals surface area contributed by atoms with Crippen LogP contribution in [0.25, 0.3) is 0 Å². The van der Waals surface area contributed by atoms with Gasteiger partial charge in [-0.2, -0.15) is 0 Å². The second-order valence-electron chi connectivity index (χ2n) is 6.27. The zero-order valence-electron chi connectivity index (χ0n) is 14.9. The van der Waals surface area contributed by atoms with E-state index in [2.05, 4.69) is 24.7 Å². The zero-order chi connectivity index (χ0) is 19.0. The quantitative estimate of drug-likeness (QED) is 0.688. The maximum absolute atomic E-state index is 12.7. The zero-order valence-corrected chi connectivity index (χ0v) is 15.7. The molecule has 27 heavy (non-hydrogen) atoms. The van der Waals surface area contributed by atoms with E-state index in [4.69, 9.17) is 9.26 Å². The molecule has 0 unspecified atom stereocenters. The Morgan fingerprint density at radius 3 is 2.89 bits per heavy atom. The van der Waals surface area contributed by atoms with Gasteiger partial charge < -0.3 is 19.1 Å². The Morgan fingerprint density at radius 1 is 1.33 bits per heavy atom. The number of aromatic amines is 1. The molecule has 2 N–H and O–H groups in total. The Hall–Kier alpha value is -3.01. The molecule has 4 rings (SSSR count). The van der Waals surface area contributed by atoms with Crippen molar-refractivity contribution in [2.75, 3.05) is 22.8 Å². The Kier molecular flexibility index (Phi) is 4.27. The van der Waals surface area contributed by atoms with E-state index in [-0.39, 0.29) is 10.7 Å². The van der Waals surface area contributed by atoms with Crippen LogP contribution >= 0.6 is 0 Å². The van der Waals surface area contributed by atoms with Gasteiger partial charge in [0.1, 0.15) is 18.1 Å². The standard InChI is InChI=1S/C17H19N5O4S/c1-11-17(12(2)26-20-11)27(23,24)21-13-3-4-16-15(7-13)22(5-6-25-16)9-14-8-18-10-19-14/h3-4,7-8,10,21H,5-6,9H2,1-2H3,(H,18,19). The summed E-state index contributed by atoms with van der Waals surface area (Å²) in [5.41, 5.74) is 2.46. The Balaban J connectivity index is 1.64. The number of H-pyrrole nitrogens is 1. The number of nitrogens with zero attached hydrogens (tertiary/aromatic N) is 3. The third kappa shape index (κ3) is 3.35. The number of hydrogen-bond acceptors (Lipinski definition) is 7. The number of benzene rings is 1. The number of imidazole rings is 1. The number of sulfonamides is 1. The SMILES string of the molecule is Cc1noc(C)c1S(=O)(=O)Nc1ccc2c(c1)N(Cc1c[nH]cn1)CCO2. The molecule has 142 valence electrons. The van der Waals surface area contributed by atoms with Crippen molar-refractivity contribution in [2.45, 2.75) is 25.3 Å². The third-order valence-electron chi connectivity index (χ3n) is 4.31. The molecule has 0 amide bonds. The van der Waals surface area contributed by atoms with E-state index in [1.165, 1.54) is 0 Å². The smallest absolute Gasteiger partial charge is 0.267 e. The van der Waals surface area contributed by atoms with Crippen LogP contribution < -0.4 is 14.4 Å². The second-order valence-corrected chi connectivity index (χ2v) is 7.89. The van der Waals surface area contributed by atoms with Crippen LogP contribution in [0.3, 0.4) is 0 Å². The van der Waals surface area contributed by atoms with E-state index in [9.17, 15) is 8.42 Å². The lowest BCUT2D eigenvalue weighted by Crippen LogP contribution is -2.32. The van der Waals surface area contributed by atoms with Gasteiger partial charge in [-0.25, -0.2) is 13.4 Å². The van der Waals surface area contributed by atoms with Gasteiger partial charge in [0, 0.05) is 6.20 Å². The van der Waals surface area contributed by atoms with Gasteiger partial charge in [0.2, 0.25) is 0 Å². The number of aromatic nitrogens is 3. The summed E-state index contributed by atoms with van der Waals surface area (Å²) < 4.78 is 38.8. The van der Waals surface area contributed by atoms with Crippen molar-refractivity contribution in [2.24, 2.45) is 0 Å². The van der Waals surface area contributed by atoms with Crippen molar-refractivity contribution in [3.05, 3.63) is 47.9 Å². The van der Waals surface area contributed by atoms with Crippen LogP contribution in [0, 0.1) is 13.8 Å². The lowest BCUT2D eigenvalue weighted by molar-refractivity contribution is 0.307. The number of aryl methyl sites for hydroxylation is 2. The Labute approximate surface area is 156 Å². The maximum atomic E-state index is 12.7. The van der Waals surface area contributed by atoms with Gasteiger partial charge in [-0.1, -0.05) is 5.16 Å². The first-order valence-electron chi connectivity index (χ1n) is 8.39. The van der Waals surface area contributed by atoms with Crippen molar-refractivity contribution in [1.29, 1.82) is 0 Å². The number of fused-ring (bicyclic) bond motifs is 1. The highest BCUT2D eigenvalue weighted by Gasteiger charge is 2.25. The van der Waals surface area contributed by atoms with E-state index in [0.29, 0.717) is 36.8 Å². The van der Waals surface area contributed by atoms with Crippen LogP contribution in [0.1, 0.15) is 17.1 Å². The molecule has 1 aliphatic rings. The van der Waals surface area contributed by atoms with Crippen molar-refractivity contribution in [3.8, 4) is 5.75 Å². The van der Waals surface area contributed by atoms with Crippen LogP contribution in [0.2, 0.25) is 0 Å². The number of rotatable bonds is 5. The lowest BCUT2D eigenvalue weighted by Gasteiger charge is -2.31. The predicted molar refractivity (Wildman–Crippen MR) is 98.4 cm³/mol. The van der Waals surface area contributed by atoms with E-state index in [1.54, 1.807) is 38.4 Å². The average molecular weight is 389 g/mol. The molecule has 9 nitrogen and oxygen atoms in total. The fourth-order valence-electron chi connectivity index (χ4n) is 3.14. The number of anilines is 2. The Bertz CT molecular complexity index is 1040. The monoisotopic (exact) mass is 389 g/mol. The van der Waals surface area contributed by atoms with Crippen LogP contribution in [-0.4, -0.2) is 36.7 Å². The summed E-state index contributed by atoms with van der Waals surface area (Å²) >= 11 is 0. The third-order valence-corrected chi connectivity index (χ3v) is 5.94. The fourth-order valence-corrected chi connectivity index (χ4v) is 4.52. The van der Waals surface area contributed by atoms with Crippen LogP contribution in [-0.2, 0) is 16.6 Å². The average Bonchev–Trinajstić information content (AvgIpc) is 3.25. The topological polar surface area (TPSA) is 113 Å². The molecular weight excluding hydrogens is 370 g/mol. The minimum Gasteiger partial charge on any atom is -0.490 e. The molecule has 0 saturated heterocycles. The number of hydrogen-bond donors (Lipinski definition) is 2. The molecule has 0 aliphatic carbocycles. The van der Waals surface area contributed by atoms with Crippen LogP contribution in [0.4, 0.5) is 11.4 Å². The van der Waals surface area contributed by atoms with Gasteiger partial charge in [0.15, 0.2) is 10.7 Å². The summed E-state index contributed by atoms with van der Waals surface area (Å²) in [6.45, 7) is 5.00. The summed E-state index contributed by atoms with van der Waals surface area (Å²) in [5, 5.41) is 3.72. The van der Waals surface area contributed by atoms with Gasteiger partial charge >= 0.3 is 0 Å².